The number of aliphatic imine (C=N–C) groups is 1. The minimum Gasteiger partial charge on any atom is -0.355 e. The SMILES string of the molecule is CN=C(NCCNC(=O)c1cccnc1)NCC1(C(=O)N(C)C)CCCC1.I. The zero-order valence-corrected chi connectivity index (χ0v) is 19.2. The molecule has 0 bridgehead atoms. The van der Waals surface area contributed by atoms with Gasteiger partial charge in [0.1, 0.15) is 0 Å². The van der Waals surface area contributed by atoms with E-state index in [-0.39, 0.29) is 41.2 Å². The number of nitrogens with zero attached hydrogens (tertiary/aromatic N) is 3. The van der Waals surface area contributed by atoms with Crippen molar-refractivity contribution in [1.29, 1.82) is 0 Å². The van der Waals surface area contributed by atoms with Crippen LogP contribution in [0.2, 0.25) is 0 Å². The van der Waals surface area contributed by atoms with Crippen LogP contribution in [0.15, 0.2) is 29.5 Å². The van der Waals surface area contributed by atoms with Crippen molar-refractivity contribution in [2.24, 2.45) is 10.4 Å². The lowest BCUT2D eigenvalue weighted by Crippen LogP contribution is -2.50. The molecule has 0 aliphatic heterocycles. The molecule has 2 rings (SSSR count). The summed E-state index contributed by atoms with van der Waals surface area (Å²) in [4.78, 5) is 34.4. The quantitative estimate of drug-likeness (QED) is 0.226. The van der Waals surface area contributed by atoms with Gasteiger partial charge in [-0.25, -0.2) is 0 Å². The third-order valence-corrected chi connectivity index (χ3v) is 4.87. The monoisotopic (exact) mass is 502 g/mol. The summed E-state index contributed by atoms with van der Waals surface area (Å²) >= 11 is 0. The van der Waals surface area contributed by atoms with Crippen LogP contribution in [-0.4, -0.2) is 68.4 Å². The van der Waals surface area contributed by atoms with Crippen molar-refractivity contribution < 1.29 is 9.59 Å². The van der Waals surface area contributed by atoms with E-state index in [0.29, 0.717) is 31.2 Å². The van der Waals surface area contributed by atoms with Crippen molar-refractivity contribution in [3.05, 3.63) is 30.1 Å². The van der Waals surface area contributed by atoms with E-state index >= 15 is 0 Å². The summed E-state index contributed by atoms with van der Waals surface area (Å²) in [7, 11) is 5.31. The molecular weight excluding hydrogens is 471 g/mol. The van der Waals surface area contributed by atoms with Gasteiger partial charge in [-0.2, -0.15) is 0 Å². The summed E-state index contributed by atoms with van der Waals surface area (Å²) in [5.41, 5.74) is 0.181. The lowest BCUT2D eigenvalue weighted by atomic mass is 9.84. The fourth-order valence-electron chi connectivity index (χ4n) is 3.42. The molecule has 1 aliphatic carbocycles. The van der Waals surface area contributed by atoms with Crippen LogP contribution in [0.4, 0.5) is 0 Å². The molecule has 1 aromatic heterocycles. The zero-order valence-electron chi connectivity index (χ0n) is 16.8. The highest BCUT2D eigenvalue weighted by molar-refractivity contribution is 14.0. The van der Waals surface area contributed by atoms with Crippen LogP contribution in [0, 0.1) is 5.41 Å². The molecule has 1 saturated carbocycles. The molecule has 0 saturated heterocycles. The van der Waals surface area contributed by atoms with Crippen LogP contribution >= 0.6 is 24.0 Å². The maximum atomic E-state index is 12.6. The third kappa shape index (κ3) is 6.61. The van der Waals surface area contributed by atoms with E-state index in [1.54, 1.807) is 44.4 Å². The minimum atomic E-state index is -0.352. The first-order valence-electron chi connectivity index (χ1n) is 9.33. The van der Waals surface area contributed by atoms with Gasteiger partial charge in [-0.3, -0.25) is 19.6 Å². The molecule has 0 radical (unpaired) electrons. The number of pyridine rings is 1. The highest BCUT2D eigenvalue weighted by Gasteiger charge is 2.42. The van der Waals surface area contributed by atoms with Crippen LogP contribution in [0.3, 0.4) is 0 Å². The van der Waals surface area contributed by atoms with E-state index in [1.807, 2.05) is 0 Å². The molecule has 156 valence electrons. The molecule has 1 aliphatic rings. The van der Waals surface area contributed by atoms with Crippen molar-refractivity contribution in [3.63, 3.8) is 0 Å². The van der Waals surface area contributed by atoms with Crippen LogP contribution in [-0.2, 0) is 4.79 Å². The maximum absolute atomic E-state index is 12.6. The van der Waals surface area contributed by atoms with Crippen LogP contribution in [0.5, 0.6) is 0 Å². The Morgan fingerprint density at radius 2 is 1.86 bits per heavy atom. The van der Waals surface area contributed by atoms with Gasteiger partial charge in [-0.1, -0.05) is 12.8 Å². The Morgan fingerprint density at radius 3 is 2.43 bits per heavy atom. The molecule has 2 amide bonds. The second-order valence-corrected chi connectivity index (χ2v) is 7.04. The Balaban J connectivity index is 0.00000392. The second-order valence-electron chi connectivity index (χ2n) is 7.04. The van der Waals surface area contributed by atoms with Gasteiger partial charge in [0.25, 0.3) is 5.91 Å². The Morgan fingerprint density at radius 1 is 1.18 bits per heavy atom. The lowest BCUT2D eigenvalue weighted by molar-refractivity contribution is -0.138. The number of rotatable bonds is 7. The average molecular weight is 502 g/mol. The standard InChI is InChI=1S/C19H30N6O2.HI/c1-20-18(23-12-11-22-16(26)15-7-6-10-21-13-15)24-14-19(8-4-5-9-19)17(27)25(2)3;/h6-7,10,13H,4-5,8-9,11-12,14H2,1-3H3,(H,22,26)(H2,20,23,24);1H. The van der Waals surface area contributed by atoms with Gasteiger partial charge in [0.2, 0.25) is 5.91 Å². The fourth-order valence-corrected chi connectivity index (χ4v) is 3.42. The van der Waals surface area contributed by atoms with E-state index in [4.69, 9.17) is 0 Å². The number of halogens is 1. The molecule has 3 N–H and O–H groups in total. The number of carbonyl (C=O) groups excluding carboxylic acids is 2. The van der Waals surface area contributed by atoms with Crippen LogP contribution in [0.1, 0.15) is 36.0 Å². The molecule has 1 heterocycles. The van der Waals surface area contributed by atoms with Crippen molar-refractivity contribution in [1.82, 2.24) is 25.8 Å². The molecule has 28 heavy (non-hydrogen) atoms. The fraction of sp³-hybridized carbons (Fsp3) is 0.579. The van der Waals surface area contributed by atoms with Crippen molar-refractivity contribution in [3.8, 4) is 0 Å². The molecule has 9 heteroatoms. The Hall–Kier alpha value is -1.91. The van der Waals surface area contributed by atoms with Gasteiger partial charge >= 0.3 is 0 Å². The summed E-state index contributed by atoms with van der Waals surface area (Å²) in [6.07, 6.45) is 7.11. The van der Waals surface area contributed by atoms with Gasteiger partial charge < -0.3 is 20.9 Å². The molecule has 0 unspecified atom stereocenters. The van der Waals surface area contributed by atoms with E-state index in [1.165, 1.54) is 6.20 Å². The smallest absolute Gasteiger partial charge is 0.252 e. The number of hydrogen-bond acceptors (Lipinski definition) is 4. The predicted octanol–water partition coefficient (Wildman–Crippen LogP) is 1.24. The van der Waals surface area contributed by atoms with E-state index in [2.05, 4.69) is 25.9 Å². The van der Waals surface area contributed by atoms with Crippen LogP contribution < -0.4 is 16.0 Å². The predicted molar refractivity (Wildman–Crippen MR) is 121 cm³/mol. The molecule has 8 nitrogen and oxygen atoms in total. The Kier molecular flexibility index (Phi) is 10.2. The minimum absolute atomic E-state index is 0. The number of nitrogens with one attached hydrogen (secondary N) is 3. The maximum Gasteiger partial charge on any atom is 0.252 e. The zero-order chi connectivity index (χ0) is 19.7. The van der Waals surface area contributed by atoms with Gasteiger partial charge in [-0.05, 0) is 25.0 Å². The summed E-state index contributed by atoms with van der Waals surface area (Å²) in [6.45, 7) is 1.54. The van der Waals surface area contributed by atoms with E-state index < -0.39 is 0 Å². The molecule has 0 aromatic carbocycles. The third-order valence-electron chi connectivity index (χ3n) is 4.87. The van der Waals surface area contributed by atoms with Gasteiger partial charge in [-0.15, -0.1) is 24.0 Å². The summed E-state index contributed by atoms with van der Waals surface area (Å²) < 4.78 is 0. The first-order chi connectivity index (χ1) is 13.0. The van der Waals surface area contributed by atoms with Crippen LogP contribution in [0.25, 0.3) is 0 Å². The molecular formula is C19H31IN6O2. The molecule has 0 atom stereocenters. The first kappa shape index (κ1) is 24.1. The topological polar surface area (TPSA) is 98.7 Å². The van der Waals surface area contributed by atoms with Crippen molar-refractivity contribution in [2.75, 3.05) is 40.8 Å². The van der Waals surface area contributed by atoms with Gasteiger partial charge in [0.15, 0.2) is 5.96 Å². The summed E-state index contributed by atoms with van der Waals surface area (Å²) in [5.74, 6) is 0.643. The second kappa shape index (κ2) is 11.8. The first-order valence-corrected chi connectivity index (χ1v) is 9.33. The number of hydrogen-bond donors (Lipinski definition) is 3. The largest absolute Gasteiger partial charge is 0.355 e. The number of aromatic nitrogens is 1. The van der Waals surface area contributed by atoms with Crippen molar-refractivity contribution >= 4 is 41.8 Å². The normalized spacial score (nSPS) is 15.3. The van der Waals surface area contributed by atoms with Gasteiger partial charge in [0.05, 0.1) is 11.0 Å². The number of guanidine groups is 1. The molecule has 0 spiro atoms. The van der Waals surface area contributed by atoms with E-state index in [0.717, 1.165) is 25.7 Å². The average Bonchev–Trinajstić information content (AvgIpc) is 3.17. The van der Waals surface area contributed by atoms with Gasteiger partial charge in [0, 0.05) is 53.2 Å². The highest BCUT2D eigenvalue weighted by atomic mass is 127. The highest BCUT2D eigenvalue weighted by Crippen LogP contribution is 2.38. The number of carbonyl (C=O) groups is 2. The number of amides is 2. The molecule has 1 aromatic rings. The summed E-state index contributed by atoms with van der Waals surface area (Å²) in [5, 5.41) is 9.28. The van der Waals surface area contributed by atoms with E-state index in [9.17, 15) is 9.59 Å². The molecule has 1 fully saturated rings. The van der Waals surface area contributed by atoms with Crippen molar-refractivity contribution in [2.45, 2.75) is 25.7 Å². The summed E-state index contributed by atoms with van der Waals surface area (Å²) in [6, 6.07) is 3.45. The lowest BCUT2D eigenvalue weighted by Gasteiger charge is -2.31. The Bertz CT molecular complexity index is 660. The Labute approximate surface area is 184 Å².